The molecule has 0 bridgehead atoms. The first kappa shape index (κ1) is 15.3. The minimum absolute atomic E-state index is 0.809. The van der Waals surface area contributed by atoms with E-state index in [0.29, 0.717) is 0 Å². The van der Waals surface area contributed by atoms with Crippen LogP contribution in [-0.2, 0) is 11.3 Å². The van der Waals surface area contributed by atoms with Crippen molar-refractivity contribution < 1.29 is 9.90 Å². The standard InChI is InChI=1S/C17H16BrNO2/c1-19(12-14-5-3-2-4-6-14)16-9-7-13(11-15(16)18)8-10-17(20)21/h2-11H,12H2,1H3,(H,20,21)/b10-8+. The topological polar surface area (TPSA) is 40.5 Å². The van der Waals surface area contributed by atoms with Gasteiger partial charge in [-0.1, -0.05) is 36.4 Å². The maximum atomic E-state index is 10.5. The van der Waals surface area contributed by atoms with Crippen molar-refractivity contribution in [2.24, 2.45) is 0 Å². The Kier molecular flexibility index (Phi) is 5.17. The van der Waals surface area contributed by atoms with Crippen molar-refractivity contribution in [2.75, 3.05) is 11.9 Å². The Morgan fingerprint density at radius 2 is 1.95 bits per heavy atom. The van der Waals surface area contributed by atoms with Crippen LogP contribution in [0.2, 0.25) is 0 Å². The molecule has 0 unspecified atom stereocenters. The fraction of sp³-hybridized carbons (Fsp3) is 0.118. The highest BCUT2D eigenvalue weighted by atomic mass is 79.9. The molecule has 108 valence electrons. The lowest BCUT2D eigenvalue weighted by molar-refractivity contribution is -0.131. The fourth-order valence-electron chi connectivity index (χ4n) is 2.05. The number of nitrogens with zero attached hydrogens (tertiary/aromatic N) is 1. The van der Waals surface area contributed by atoms with Gasteiger partial charge in [-0.25, -0.2) is 4.79 Å². The van der Waals surface area contributed by atoms with Gasteiger partial charge in [0.2, 0.25) is 0 Å². The van der Waals surface area contributed by atoms with Crippen molar-refractivity contribution in [1.29, 1.82) is 0 Å². The summed E-state index contributed by atoms with van der Waals surface area (Å²) in [5, 5.41) is 8.64. The summed E-state index contributed by atoms with van der Waals surface area (Å²) < 4.78 is 0.938. The minimum Gasteiger partial charge on any atom is -0.478 e. The van der Waals surface area contributed by atoms with E-state index >= 15 is 0 Å². The predicted molar refractivity (Wildman–Crippen MR) is 89.4 cm³/mol. The first-order chi connectivity index (χ1) is 10.1. The first-order valence-corrected chi connectivity index (χ1v) is 7.31. The number of aliphatic carboxylic acids is 1. The molecule has 2 aromatic carbocycles. The third-order valence-corrected chi connectivity index (χ3v) is 3.70. The minimum atomic E-state index is -0.948. The molecule has 3 nitrogen and oxygen atoms in total. The molecule has 0 fully saturated rings. The second kappa shape index (κ2) is 7.09. The third-order valence-electron chi connectivity index (χ3n) is 3.06. The Bertz CT molecular complexity index is 653. The lowest BCUT2D eigenvalue weighted by Gasteiger charge is -2.21. The van der Waals surface area contributed by atoms with Crippen molar-refractivity contribution in [3.8, 4) is 0 Å². The summed E-state index contributed by atoms with van der Waals surface area (Å²) in [7, 11) is 2.03. The molecule has 0 saturated heterocycles. The summed E-state index contributed by atoms with van der Waals surface area (Å²) in [6.45, 7) is 0.809. The van der Waals surface area contributed by atoms with Crippen LogP contribution in [0.4, 0.5) is 5.69 Å². The van der Waals surface area contributed by atoms with E-state index in [-0.39, 0.29) is 0 Å². The number of carbonyl (C=O) groups is 1. The van der Waals surface area contributed by atoms with E-state index in [2.05, 4.69) is 33.0 Å². The molecule has 4 heteroatoms. The summed E-state index contributed by atoms with van der Waals surface area (Å²) in [6.07, 6.45) is 2.71. The largest absolute Gasteiger partial charge is 0.478 e. The number of hydrogen-bond donors (Lipinski definition) is 1. The van der Waals surface area contributed by atoms with Gasteiger partial charge >= 0.3 is 5.97 Å². The smallest absolute Gasteiger partial charge is 0.328 e. The maximum absolute atomic E-state index is 10.5. The highest BCUT2D eigenvalue weighted by Gasteiger charge is 2.06. The molecular weight excluding hydrogens is 330 g/mol. The van der Waals surface area contributed by atoms with E-state index in [0.717, 1.165) is 28.3 Å². The molecule has 0 aromatic heterocycles. The Morgan fingerprint density at radius 3 is 2.57 bits per heavy atom. The molecule has 0 heterocycles. The van der Waals surface area contributed by atoms with Crippen LogP contribution in [0.5, 0.6) is 0 Å². The zero-order valence-electron chi connectivity index (χ0n) is 11.7. The average Bonchev–Trinajstić information content (AvgIpc) is 2.46. The lowest BCUT2D eigenvalue weighted by atomic mass is 10.1. The van der Waals surface area contributed by atoms with Gasteiger partial charge in [0.05, 0.1) is 5.69 Å². The number of anilines is 1. The normalized spacial score (nSPS) is 10.8. The third kappa shape index (κ3) is 4.46. The number of carboxylic acid groups (broad SMARTS) is 1. The van der Waals surface area contributed by atoms with Gasteiger partial charge in [0.25, 0.3) is 0 Å². The van der Waals surface area contributed by atoms with Crippen molar-refractivity contribution in [1.82, 2.24) is 0 Å². The Balaban J connectivity index is 2.15. The number of hydrogen-bond acceptors (Lipinski definition) is 2. The van der Waals surface area contributed by atoms with Gasteiger partial charge in [0.15, 0.2) is 0 Å². The van der Waals surface area contributed by atoms with Gasteiger partial charge in [-0.3, -0.25) is 0 Å². The van der Waals surface area contributed by atoms with Crippen molar-refractivity contribution in [3.05, 3.63) is 70.2 Å². The van der Waals surface area contributed by atoms with E-state index in [1.54, 1.807) is 6.08 Å². The van der Waals surface area contributed by atoms with Crippen molar-refractivity contribution >= 4 is 33.7 Å². The second-order valence-electron chi connectivity index (χ2n) is 4.72. The zero-order chi connectivity index (χ0) is 15.2. The van der Waals surface area contributed by atoms with Crippen molar-refractivity contribution in [3.63, 3.8) is 0 Å². The molecule has 0 saturated carbocycles. The molecular formula is C17H16BrNO2. The van der Waals surface area contributed by atoms with E-state index in [9.17, 15) is 4.79 Å². The molecule has 1 N–H and O–H groups in total. The van der Waals surface area contributed by atoms with Crippen molar-refractivity contribution in [2.45, 2.75) is 6.54 Å². The van der Waals surface area contributed by atoms with E-state index in [1.165, 1.54) is 5.56 Å². The molecule has 0 aliphatic rings. The summed E-state index contributed by atoms with van der Waals surface area (Å²) in [5.74, 6) is -0.948. The number of halogens is 1. The maximum Gasteiger partial charge on any atom is 0.328 e. The Morgan fingerprint density at radius 1 is 1.24 bits per heavy atom. The molecule has 0 aliphatic carbocycles. The molecule has 21 heavy (non-hydrogen) atoms. The highest BCUT2D eigenvalue weighted by Crippen LogP contribution is 2.28. The summed E-state index contributed by atoms with van der Waals surface area (Å²) in [4.78, 5) is 12.7. The van der Waals surface area contributed by atoms with Gasteiger partial charge in [-0.05, 0) is 45.3 Å². The van der Waals surface area contributed by atoms with Crippen LogP contribution in [0.1, 0.15) is 11.1 Å². The predicted octanol–water partition coefficient (Wildman–Crippen LogP) is 4.18. The van der Waals surface area contributed by atoms with Crippen LogP contribution < -0.4 is 4.90 Å². The van der Waals surface area contributed by atoms with Crippen LogP contribution in [-0.4, -0.2) is 18.1 Å². The van der Waals surface area contributed by atoms with Gasteiger partial charge in [-0.2, -0.15) is 0 Å². The van der Waals surface area contributed by atoms with Crippen LogP contribution in [0.15, 0.2) is 59.1 Å². The number of rotatable bonds is 5. The van der Waals surface area contributed by atoms with E-state index < -0.39 is 5.97 Å². The molecule has 0 aliphatic heterocycles. The fourth-order valence-corrected chi connectivity index (χ4v) is 2.75. The van der Waals surface area contributed by atoms with Gasteiger partial charge in [0.1, 0.15) is 0 Å². The molecule has 2 aromatic rings. The van der Waals surface area contributed by atoms with Crippen LogP contribution in [0, 0.1) is 0 Å². The van der Waals surface area contributed by atoms with Gasteiger partial charge in [0, 0.05) is 24.1 Å². The quantitative estimate of drug-likeness (QED) is 0.826. The molecule has 0 radical (unpaired) electrons. The van der Waals surface area contributed by atoms with Crippen LogP contribution in [0.3, 0.4) is 0 Å². The summed E-state index contributed by atoms with van der Waals surface area (Å²) in [5.41, 5.74) is 3.15. The van der Waals surface area contributed by atoms with Gasteiger partial charge < -0.3 is 10.0 Å². The lowest BCUT2D eigenvalue weighted by Crippen LogP contribution is -2.16. The van der Waals surface area contributed by atoms with E-state index in [4.69, 9.17) is 5.11 Å². The Hall–Kier alpha value is -2.07. The number of benzene rings is 2. The molecule has 0 spiro atoms. The summed E-state index contributed by atoms with van der Waals surface area (Å²) in [6, 6.07) is 16.0. The Labute approximate surface area is 132 Å². The van der Waals surface area contributed by atoms with Crippen LogP contribution >= 0.6 is 15.9 Å². The molecule has 0 amide bonds. The molecule has 0 atom stereocenters. The van der Waals surface area contributed by atoms with E-state index in [1.807, 2.05) is 43.4 Å². The monoisotopic (exact) mass is 345 g/mol. The highest BCUT2D eigenvalue weighted by molar-refractivity contribution is 9.10. The number of carboxylic acids is 1. The summed E-state index contributed by atoms with van der Waals surface area (Å²) >= 11 is 3.55. The first-order valence-electron chi connectivity index (χ1n) is 6.52. The SMILES string of the molecule is CN(Cc1ccccc1)c1ccc(/C=C/C(=O)O)cc1Br. The van der Waals surface area contributed by atoms with Gasteiger partial charge in [-0.15, -0.1) is 0 Å². The average molecular weight is 346 g/mol. The van der Waals surface area contributed by atoms with Crippen LogP contribution in [0.25, 0.3) is 6.08 Å². The second-order valence-corrected chi connectivity index (χ2v) is 5.58. The zero-order valence-corrected chi connectivity index (χ0v) is 13.2. The molecule has 2 rings (SSSR count).